The Morgan fingerprint density at radius 1 is 1.58 bits per heavy atom. The van der Waals surface area contributed by atoms with Crippen LogP contribution in [0.15, 0.2) is 0 Å². The molecule has 0 aliphatic carbocycles. The molecule has 1 unspecified atom stereocenters. The molecule has 1 atom stereocenters. The van der Waals surface area contributed by atoms with Gasteiger partial charge in [0.05, 0.1) is 12.3 Å². The van der Waals surface area contributed by atoms with Crippen molar-refractivity contribution in [1.29, 1.82) is 0 Å². The number of rotatable bonds is 1. The van der Waals surface area contributed by atoms with Crippen LogP contribution in [0, 0.1) is 0 Å². The molecule has 2 rings (SSSR count). The molecule has 0 radical (unpaired) electrons. The Labute approximate surface area is 74.1 Å². The van der Waals surface area contributed by atoms with E-state index in [1.807, 2.05) is 0 Å². The molecule has 2 heterocycles. The average Bonchev–Trinajstić information content (AvgIpc) is 2.53. The van der Waals surface area contributed by atoms with Crippen LogP contribution in [-0.2, 0) is 4.74 Å². The molecule has 0 aromatic carbocycles. The van der Waals surface area contributed by atoms with Crippen molar-refractivity contribution >= 4 is 0 Å². The normalized spacial score (nSPS) is 37.8. The van der Waals surface area contributed by atoms with Crippen molar-refractivity contribution < 1.29 is 4.74 Å². The van der Waals surface area contributed by atoms with E-state index in [9.17, 15) is 0 Å². The fraction of sp³-hybridized carbons (Fsp3) is 1.00. The maximum atomic E-state index is 5.76. The van der Waals surface area contributed by atoms with Crippen molar-refractivity contribution in [2.45, 2.75) is 25.4 Å². The molecule has 0 aromatic rings. The molecule has 0 bridgehead atoms. The molecule has 2 aliphatic heterocycles. The van der Waals surface area contributed by atoms with Gasteiger partial charge < -0.3 is 9.64 Å². The number of piperidine rings is 1. The zero-order chi connectivity index (χ0) is 8.44. The molecule has 3 heteroatoms. The summed E-state index contributed by atoms with van der Waals surface area (Å²) in [5.74, 6) is 0. The predicted octanol–water partition coefficient (Wildman–Crippen LogP) is 0.418. The number of hydrogen-bond acceptors (Lipinski definition) is 3. The van der Waals surface area contributed by atoms with Crippen LogP contribution in [0.1, 0.15) is 19.8 Å². The number of likely N-dealkylation sites (N-methyl/N-ethyl adjacent to an activating group) is 1. The van der Waals surface area contributed by atoms with E-state index < -0.39 is 0 Å². The van der Waals surface area contributed by atoms with Crippen LogP contribution in [-0.4, -0.2) is 43.4 Å². The van der Waals surface area contributed by atoms with Crippen molar-refractivity contribution in [3.63, 3.8) is 0 Å². The Hall–Kier alpha value is -0.120. The lowest BCUT2D eigenvalue weighted by atomic mass is 9.93. The summed E-state index contributed by atoms with van der Waals surface area (Å²) in [4.78, 5) is 2.48. The average molecular weight is 170 g/mol. The number of likely N-dealkylation sites (tertiary alicyclic amines) is 1. The second-order valence-corrected chi connectivity index (χ2v) is 3.87. The summed E-state index contributed by atoms with van der Waals surface area (Å²) in [6, 6.07) is 0. The minimum atomic E-state index is 0.161. The highest BCUT2D eigenvalue weighted by Gasteiger charge is 2.38. The van der Waals surface area contributed by atoms with E-state index in [0.29, 0.717) is 0 Å². The van der Waals surface area contributed by atoms with Gasteiger partial charge in [0.25, 0.3) is 0 Å². The fourth-order valence-corrected chi connectivity index (χ4v) is 2.26. The van der Waals surface area contributed by atoms with Gasteiger partial charge in [-0.15, -0.1) is 0 Å². The lowest BCUT2D eigenvalue weighted by Gasteiger charge is -2.38. The Bertz CT molecular complexity index is 155. The first-order valence-electron chi connectivity index (χ1n) is 4.92. The summed E-state index contributed by atoms with van der Waals surface area (Å²) >= 11 is 0. The van der Waals surface area contributed by atoms with Crippen LogP contribution in [0.25, 0.3) is 0 Å². The number of nitrogens with one attached hydrogen (secondary N) is 1. The predicted molar refractivity (Wildman–Crippen MR) is 48.0 cm³/mol. The highest BCUT2D eigenvalue weighted by Crippen LogP contribution is 2.26. The Morgan fingerprint density at radius 3 is 3.17 bits per heavy atom. The third-order valence-electron chi connectivity index (χ3n) is 2.99. The molecule has 0 aromatic heterocycles. The first-order valence-corrected chi connectivity index (χ1v) is 4.92. The van der Waals surface area contributed by atoms with Crippen LogP contribution in [0.4, 0.5) is 0 Å². The molecule has 2 saturated heterocycles. The Kier molecular flexibility index (Phi) is 2.35. The molecule has 3 nitrogen and oxygen atoms in total. The molecule has 70 valence electrons. The van der Waals surface area contributed by atoms with Gasteiger partial charge in [-0.2, -0.15) is 0 Å². The second-order valence-electron chi connectivity index (χ2n) is 3.87. The van der Waals surface area contributed by atoms with Crippen LogP contribution >= 0.6 is 0 Å². The van der Waals surface area contributed by atoms with Gasteiger partial charge in [-0.05, 0) is 25.9 Å². The second kappa shape index (κ2) is 3.32. The third-order valence-corrected chi connectivity index (χ3v) is 2.99. The van der Waals surface area contributed by atoms with Gasteiger partial charge in [-0.1, -0.05) is 6.92 Å². The van der Waals surface area contributed by atoms with Gasteiger partial charge in [0.15, 0.2) is 0 Å². The summed E-state index contributed by atoms with van der Waals surface area (Å²) in [6.45, 7) is 7.55. The molecule has 2 fully saturated rings. The van der Waals surface area contributed by atoms with Crippen LogP contribution in [0.3, 0.4) is 0 Å². The largest absolute Gasteiger partial charge is 0.357 e. The van der Waals surface area contributed by atoms with Gasteiger partial charge in [0.1, 0.15) is 0 Å². The van der Waals surface area contributed by atoms with E-state index in [2.05, 4.69) is 17.1 Å². The molecule has 1 spiro atoms. The highest BCUT2D eigenvalue weighted by atomic mass is 16.5. The minimum Gasteiger partial charge on any atom is -0.357 e. The first-order chi connectivity index (χ1) is 5.85. The van der Waals surface area contributed by atoms with Crippen LogP contribution < -0.4 is 5.32 Å². The van der Waals surface area contributed by atoms with Gasteiger partial charge in [0, 0.05) is 13.1 Å². The SMILES string of the molecule is CCN1CCCC2(CNCO2)C1. The quantitative estimate of drug-likeness (QED) is 0.617. The van der Waals surface area contributed by atoms with Crippen molar-refractivity contribution in [2.75, 3.05) is 32.9 Å². The van der Waals surface area contributed by atoms with Crippen LogP contribution in [0.2, 0.25) is 0 Å². The van der Waals surface area contributed by atoms with Gasteiger partial charge in [-0.3, -0.25) is 5.32 Å². The molecular formula is C9H18N2O. The van der Waals surface area contributed by atoms with E-state index in [0.717, 1.165) is 26.4 Å². The zero-order valence-corrected chi connectivity index (χ0v) is 7.81. The van der Waals surface area contributed by atoms with E-state index in [-0.39, 0.29) is 5.60 Å². The standard InChI is InChI=1S/C9H18N2O/c1-2-11-5-3-4-9(7-11)6-10-8-12-9/h10H,2-8H2,1H3. The molecule has 0 saturated carbocycles. The van der Waals surface area contributed by atoms with Crippen molar-refractivity contribution in [3.8, 4) is 0 Å². The van der Waals surface area contributed by atoms with Crippen molar-refractivity contribution in [2.24, 2.45) is 0 Å². The van der Waals surface area contributed by atoms with E-state index in [1.165, 1.54) is 19.4 Å². The summed E-state index contributed by atoms with van der Waals surface area (Å²) in [5, 5.41) is 3.28. The van der Waals surface area contributed by atoms with Crippen molar-refractivity contribution in [1.82, 2.24) is 10.2 Å². The third kappa shape index (κ3) is 1.49. The van der Waals surface area contributed by atoms with Crippen LogP contribution in [0.5, 0.6) is 0 Å². The highest BCUT2D eigenvalue weighted by molar-refractivity contribution is 4.92. The molecule has 12 heavy (non-hydrogen) atoms. The summed E-state index contributed by atoms with van der Waals surface area (Å²) in [7, 11) is 0. The monoisotopic (exact) mass is 170 g/mol. The molecule has 0 amide bonds. The summed E-state index contributed by atoms with van der Waals surface area (Å²) in [5.41, 5.74) is 0.161. The van der Waals surface area contributed by atoms with E-state index in [1.54, 1.807) is 0 Å². The Morgan fingerprint density at radius 2 is 2.50 bits per heavy atom. The number of hydrogen-bond donors (Lipinski definition) is 1. The maximum absolute atomic E-state index is 5.76. The summed E-state index contributed by atoms with van der Waals surface area (Å²) in [6.07, 6.45) is 2.52. The van der Waals surface area contributed by atoms with E-state index in [4.69, 9.17) is 4.74 Å². The minimum absolute atomic E-state index is 0.161. The van der Waals surface area contributed by atoms with Gasteiger partial charge >= 0.3 is 0 Å². The zero-order valence-electron chi connectivity index (χ0n) is 7.81. The van der Waals surface area contributed by atoms with Gasteiger partial charge in [0.2, 0.25) is 0 Å². The lowest BCUT2D eigenvalue weighted by molar-refractivity contribution is -0.0432. The first kappa shape index (κ1) is 8.48. The Balaban J connectivity index is 1.97. The maximum Gasteiger partial charge on any atom is 0.0975 e. The van der Waals surface area contributed by atoms with Crippen molar-refractivity contribution in [3.05, 3.63) is 0 Å². The molecule has 1 N–H and O–H groups in total. The smallest absolute Gasteiger partial charge is 0.0975 e. The summed E-state index contributed by atoms with van der Waals surface area (Å²) < 4.78 is 5.76. The molecule has 2 aliphatic rings. The fourth-order valence-electron chi connectivity index (χ4n) is 2.26. The number of ether oxygens (including phenoxy) is 1. The van der Waals surface area contributed by atoms with Gasteiger partial charge in [-0.25, -0.2) is 0 Å². The lowest BCUT2D eigenvalue weighted by Crippen LogP contribution is -2.50. The number of nitrogens with zero attached hydrogens (tertiary/aromatic N) is 1. The molecular weight excluding hydrogens is 152 g/mol. The topological polar surface area (TPSA) is 24.5 Å². The van der Waals surface area contributed by atoms with E-state index >= 15 is 0 Å².